The van der Waals surface area contributed by atoms with Gasteiger partial charge in [0.05, 0.1) is 0 Å². The molecule has 16 heavy (non-hydrogen) atoms. The van der Waals surface area contributed by atoms with Gasteiger partial charge in [-0.1, -0.05) is 6.42 Å². The van der Waals surface area contributed by atoms with Crippen molar-refractivity contribution in [2.45, 2.75) is 38.6 Å². The van der Waals surface area contributed by atoms with Crippen LogP contribution < -0.4 is 5.32 Å². The van der Waals surface area contributed by atoms with Crippen LogP contribution >= 0.6 is 0 Å². The number of nitrogens with zero attached hydrogens (tertiary/aromatic N) is 3. The number of aromatic nitrogens is 3. The summed E-state index contributed by atoms with van der Waals surface area (Å²) in [5.74, 6) is 2.83. The van der Waals surface area contributed by atoms with Crippen LogP contribution in [0, 0.1) is 11.8 Å². The van der Waals surface area contributed by atoms with Gasteiger partial charge in [0.1, 0.15) is 12.2 Å². The van der Waals surface area contributed by atoms with Crippen molar-refractivity contribution in [1.29, 1.82) is 0 Å². The van der Waals surface area contributed by atoms with E-state index in [0.717, 1.165) is 31.3 Å². The maximum atomic E-state index is 4.42. The Bertz CT molecular complexity index is 337. The molecule has 1 saturated carbocycles. The van der Waals surface area contributed by atoms with E-state index < -0.39 is 0 Å². The lowest BCUT2D eigenvalue weighted by Gasteiger charge is -2.25. The van der Waals surface area contributed by atoms with Crippen molar-refractivity contribution in [3.63, 3.8) is 0 Å². The minimum atomic E-state index is 0.768. The number of rotatable bonds is 4. The summed E-state index contributed by atoms with van der Waals surface area (Å²) in [5, 5.41) is 7.78. The minimum absolute atomic E-state index is 0.768. The van der Waals surface area contributed by atoms with E-state index in [9.17, 15) is 0 Å². The molecule has 0 spiro atoms. The maximum Gasteiger partial charge on any atom is 0.138 e. The first-order valence-corrected chi connectivity index (χ1v) is 6.49. The fourth-order valence-corrected chi connectivity index (χ4v) is 2.67. The third-order valence-electron chi connectivity index (χ3n) is 3.99. The van der Waals surface area contributed by atoms with Gasteiger partial charge in [0.25, 0.3) is 0 Å². The van der Waals surface area contributed by atoms with Crippen LogP contribution in [-0.2, 0) is 13.0 Å². The molecule has 2 fully saturated rings. The number of nitrogens with one attached hydrogen (secondary N) is 1. The molecule has 1 atom stereocenters. The lowest BCUT2D eigenvalue weighted by atomic mass is 9.85. The second-order valence-electron chi connectivity index (χ2n) is 5.22. The zero-order chi connectivity index (χ0) is 10.8. The van der Waals surface area contributed by atoms with Crippen LogP contribution in [0.2, 0.25) is 0 Å². The Hall–Kier alpha value is -0.900. The zero-order valence-electron chi connectivity index (χ0n) is 9.73. The molecule has 1 aromatic rings. The van der Waals surface area contributed by atoms with Crippen molar-refractivity contribution in [3.05, 3.63) is 12.2 Å². The van der Waals surface area contributed by atoms with Gasteiger partial charge in [0.15, 0.2) is 0 Å². The molecule has 0 bridgehead atoms. The van der Waals surface area contributed by atoms with E-state index in [1.807, 2.05) is 0 Å². The van der Waals surface area contributed by atoms with Gasteiger partial charge in [-0.25, -0.2) is 9.67 Å². The van der Waals surface area contributed by atoms with E-state index in [1.54, 1.807) is 6.33 Å². The third kappa shape index (κ3) is 2.12. The molecule has 2 heterocycles. The van der Waals surface area contributed by atoms with E-state index in [1.165, 1.54) is 38.1 Å². The summed E-state index contributed by atoms with van der Waals surface area (Å²) in [6.45, 7) is 3.41. The monoisotopic (exact) mass is 220 g/mol. The maximum absolute atomic E-state index is 4.42. The van der Waals surface area contributed by atoms with Crippen molar-refractivity contribution in [2.75, 3.05) is 13.1 Å². The van der Waals surface area contributed by atoms with Crippen LogP contribution in [0.5, 0.6) is 0 Å². The summed E-state index contributed by atoms with van der Waals surface area (Å²) < 4.78 is 2.14. The summed E-state index contributed by atoms with van der Waals surface area (Å²) in [4.78, 5) is 4.42. The van der Waals surface area contributed by atoms with Gasteiger partial charge < -0.3 is 5.32 Å². The standard InChI is InChI=1S/C12H20N4/c1-2-10(3-1)8-16-12(14-9-15-16)6-11-4-5-13-7-11/h9-11,13H,1-8H2. The third-order valence-corrected chi connectivity index (χ3v) is 3.99. The molecule has 1 N–H and O–H groups in total. The predicted octanol–water partition coefficient (Wildman–Crippen LogP) is 1.23. The highest BCUT2D eigenvalue weighted by molar-refractivity contribution is 4.90. The van der Waals surface area contributed by atoms with Gasteiger partial charge in [-0.15, -0.1) is 0 Å². The summed E-state index contributed by atoms with van der Waals surface area (Å²) in [7, 11) is 0. The highest BCUT2D eigenvalue weighted by atomic mass is 15.3. The van der Waals surface area contributed by atoms with Gasteiger partial charge in [0, 0.05) is 13.0 Å². The largest absolute Gasteiger partial charge is 0.316 e. The first kappa shape index (κ1) is 10.3. The van der Waals surface area contributed by atoms with Crippen molar-refractivity contribution in [3.8, 4) is 0 Å². The lowest BCUT2D eigenvalue weighted by Crippen LogP contribution is -2.21. The normalized spacial score (nSPS) is 25.9. The van der Waals surface area contributed by atoms with E-state index in [4.69, 9.17) is 0 Å². The van der Waals surface area contributed by atoms with Gasteiger partial charge in [-0.2, -0.15) is 5.10 Å². The van der Waals surface area contributed by atoms with Gasteiger partial charge in [0.2, 0.25) is 0 Å². The molecule has 3 rings (SSSR count). The zero-order valence-corrected chi connectivity index (χ0v) is 9.73. The second kappa shape index (κ2) is 4.53. The van der Waals surface area contributed by atoms with Crippen LogP contribution in [0.3, 0.4) is 0 Å². The van der Waals surface area contributed by atoms with Crippen LogP contribution in [0.1, 0.15) is 31.5 Å². The topological polar surface area (TPSA) is 42.7 Å². The van der Waals surface area contributed by atoms with Crippen molar-refractivity contribution in [1.82, 2.24) is 20.1 Å². The van der Waals surface area contributed by atoms with Gasteiger partial charge in [-0.05, 0) is 44.2 Å². The van der Waals surface area contributed by atoms with E-state index in [-0.39, 0.29) is 0 Å². The molecule has 0 radical (unpaired) electrons. The Kier molecular flexibility index (Phi) is 2.91. The SMILES string of the molecule is c1nc(CC2CCNC2)n(CC2CCC2)n1. The average molecular weight is 220 g/mol. The predicted molar refractivity (Wildman–Crippen MR) is 62.0 cm³/mol. The molecule has 2 aliphatic rings. The van der Waals surface area contributed by atoms with Crippen LogP contribution in [0.25, 0.3) is 0 Å². The summed E-state index contributed by atoms with van der Waals surface area (Å²) in [6, 6.07) is 0. The van der Waals surface area contributed by atoms with E-state index in [2.05, 4.69) is 20.1 Å². The van der Waals surface area contributed by atoms with Crippen molar-refractivity contribution < 1.29 is 0 Å². The van der Waals surface area contributed by atoms with Crippen molar-refractivity contribution in [2.24, 2.45) is 11.8 Å². The van der Waals surface area contributed by atoms with Crippen LogP contribution in [-0.4, -0.2) is 27.9 Å². The van der Waals surface area contributed by atoms with Gasteiger partial charge in [-0.3, -0.25) is 0 Å². The summed E-state index contributed by atoms with van der Waals surface area (Å²) in [6.07, 6.45) is 8.27. The molecule has 1 aromatic heterocycles. The molecule has 1 saturated heterocycles. The minimum Gasteiger partial charge on any atom is -0.316 e. The Labute approximate surface area is 96.4 Å². The molecule has 1 aliphatic heterocycles. The summed E-state index contributed by atoms with van der Waals surface area (Å²) >= 11 is 0. The number of hydrogen-bond acceptors (Lipinski definition) is 3. The second-order valence-corrected chi connectivity index (χ2v) is 5.22. The number of hydrogen-bond donors (Lipinski definition) is 1. The average Bonchev–Trinajstić information content (AvgIpc) is 2.84. The molecule has 4 nitrogen and oxygen atoms in total. The Morgan fingerprint density at radius 1 is 1.31 bits per heavy atom. The molecule has 0 aromatic carbocycles. The van der Waals surface area contributed by atoms with Crippen LogP contribution in [0.4, 0.5) is 0 Å². The van der Waals surface area contributed by atoms with E-state index in [0.29, 0.717) is 0 Å². The molecular formula is C12H20N4. The fraction of sp³-hybridized carbons (Fsp3) is 0.833. The van der Waals surface area contributed by atoms with E-state index >= 15 is 0 Å². The first-order valence-electron chi connectivity index (χ1n) is 6.49. The highest BCUT2D eigenvalue weighted by Gasteiger charge is 2.22. The highest BCUT2D eigenvalue weighted by Crippen LogP contribution is 2.28. The molecular weight excluding hydrogens is 200 g/mol. The Morgan fingerprint density at radius 3 is 2.94 bits per heavy atom. The molecule has 88 valence electrons. The Balaban J connectivity index is 1.61. The first-order chi connectivity index (χ1) is 7.92. The lowest BCUT2D eigenvalue weighted by molar-refractivity contribution is 0.261. The van der Waals surface area contributed by atoms with Gasteiger partial charge >= 0.3 is 0 Å². The quantitative estimate of drug-likeness (QED) is 0.830. The molecule has 1 aliphatic carbocycles. The molecule has 1 unspecified atom stereocenters. The van der Waals surface area contributed by atoms with Crippen molar-refractivity contribution >= 4 is 0 Å². The molecule has 0 amide bonds. The summed E-state index contributed by atoms with van der Waals surface area (Å²) in [5.41, 5.74) is 0. The smallest absolute Gasteiger partial charge is 0.138 e. The molecule has 4 heteroatoms. The fourth-order valence-electron chi connectivity index (χ4n) is 2.67. The van der Waals surface area contributed by atoms with Crippen LogP contribution in [0.15, 0.2) is 6.33 Å². The Morgan fingerprint density at radius 2 is 2.25 bits per heavy atom.